The summed E-state index contributed by atoms with van der Waals surface area (Å²) < 4.78 is 27.3. The molecule has 0 amide bonds. The molecule has 106 valence electrons. The predicted octanol–water partition coefficient (Wildman–Crippen LogP) is 4.13. The van der Waals surface area contributed by atoms with Crippen molar-refractivity contribution in [2.24, 2.45) is 5.84 Å². The number of nitrogens with one attached hydrogen (secondary N) is 1. The van der Waals surface area contributed by atoms with Gasteiger partial charge in [0.2, 0.25) is 0 Å². The Labute approximate surface area is 125 Å². The molecule has 0 bridgehead atoms. The Morgan fingerprint density at radius 2 is 1.75 bits per heavy atom. The molecule has 0 heterocycles. The number of hydrogen-bond acceptors (Lipinski definition) is 2. The van der Waals surface area contributed by atoms with Gasteiger partial charge in [0.1, 0.15) is 11.6 Å². The molecule has 2 aromatic rings. The summed E-state index contributed by atoms with van der Waals surface area (Å²) in [5.74, 6) is 4.22. The van der Waals surface area contributed by atoms with Gasteiger partial charge >= 0.3 is 0 Å². The molecule has 0 fully saturated rings. The molecule has 0 aromatic heterocycles. The number of aryl methyl sites for hydroxylation is 1. The van der Waals surface area contributed by atoms with E-state index in [1.807, 2.05) is 0 Å². The molecule has 2 aromatic carbocycles. The van der Waals surface area contributed by atoms with Crippen molar-refractivity contribution in [2.75, 3.05) is 0 Å². The van der Waals surface area contributed by atoms with Crippen LogP contribution >= 0.6 is 23.2 Å². The molecule has 3 N–H and O–H groups in total. The standard InChI is InChI=1S/C14H12Cl2F2N2/c1-7-4-9(13(18)6-12(7)17)14(20-19)8-2-3-10(15)11(16)5-8/h2-6,14,20H,19H2,1H3. The fraction of sp³-hybridized carbons (Fsp3) is 0.143. The Bertz CT molecular complexity index is 647. The predicted molar refractivity (Wildman–Crippen MR) is 76.7 cm³/mol. The van der Waals surface area contributed by atoms with Crippen LogP contribution in [0.3, 0.4) is 0 Å². The van der Waals surface area contributed by atoms with Gasteiger partial charge in [0.05, 0.1) is 16.1 Å². The number of hydrazine groups is 1. The summed E-state index contributed by atoms with van der Waals surface area (Å²) in [5.41, 5.74) is 3.71. The Kier molecular flexibility index (Phi) is 4.60. The highest BCUT2D eigenvalue weighted by atomic mass is 35.5. The van der Waals surface area contributed by atoms with Crippen LogP contribution in [0.1, 0.15) is 22.7 Å². The third kappa shape index (κ3) is 2.94. The van der Waals surface area contributed by atoms with E-state index in [1.165, 1.54) is 6.07 Å². The molecule has 0 radical (unpaired) electrons. The van der Waals surface area contributed by atoms with Crippen molar-refractivity contribution in [2.45, 2.75) is 13.0 Å². The van der Waals surface area contributed by atoms with E-state index in [0.717, 1.165) is 6.07 Å². The maximum absolute atomic E-state index is 13.9. The van der Waals surface area contributed by atoms with Gasteiger partial charge in [-0.1, -0.05) is 29.3 Å². The number of benzene rings is 2. The van der Waals surface area contributed by atoms with Gasteiger partial charge in [-0.15, -0.1) is 0 Å². The molecule has 1 atom stereocenters. The molecule has 2 rings (SSSR count). The van der Waals surface area contributed by atoms with Crippen molar-refractivity contribution in [3.8, 4) is 0 Å². The Hall–Kier alpha value is -1.20. The van der Waals surface area contributed by atoms with Crippen LogP contribution in [0.25, 0.3) is 0 Å². The van der Waals surface area contributed by atoms with Crippen molar-refractivity contribution in [1.29, 1.82) is 0 Å². The first-order chi connectivity index (χ1) is 9.43. The zero-order chi connectivity index (χ0) is 14.9. The first kappa shape index (κ1) is 15.2. The van der Waals surface area contributed by atoms with E-state index in [0.29, 0.717) is 21.2 Å². The van der Waals surface area contributed by atoms with Crippen LogP contribution in [-0.4, -0.2) is 0 Å². The minimum Gasteiger partial charge on any atom is -0.271 e. The molecule has 0 saturated heterocycles. The van der Waals surface area contributed by atoms with E-state index in [2.05, 4.69) is 5.43 Å². The number of halogens is 4. The monoisotopic (exact) mass is 316 g/mol. The maximum Gasteiger partial charge on any atom is 0.131 e. The zero-order valence-electron chi connectivity index (χ0n) is 10.6. The van der Waals surface area contributed by atoms with Crippen molar-refractivity contribution >= 4 is 23.2 Å². The summed E-state index contributed by atoms with van der Waals surface area (Å²) in [6.45, 7) is 1.56. The lowest BCUT2D eigenvalue weighted by molar-refractivity contribution is 0.538. The summed E-state index contributed by atoms with van der Waals surface area (Å²) in [6, 6.07) is 6.47. The summed E-state index contributed by atoms with van der Waals surface area (Å²) in [6.07, 6.45) is 0. The van der Waals surface area contributed by atoms with Gasteiger partial charge in [-0.25, -0.2) is 14.2 Å². The highest BCUT2D eigenvalue weighted by molar-refractivity contribution is 6.42. The van der Waals surface area contributed by atoms with Crippen molar-refractivity contribution < 1.29 is 8.78 Å². The first-order valence-corrected chi connectivity index (χ1v) is 6.56. The van der Waals surface area contributed by atoms with Crippen LogP contribution in [0.4, 0.5) is 8.78 Å². The van der Waals surface area contributed by atoms with Gasteiger partial charge in [-0.3, -0.25) is 5.84 Å². The number of nitrogens with two attached hydrogens (primary N) is 1. The maximum atomic E-state index is 13.9. The largest absolute Gasteiger partial charge is 0.271 e. The van der Waals surface area contributed by atoms with Gasteiger partial charge in [-0.2, -0.15) is 0 Å². The molecular formula is C14H12Cl2F2N2. The highest BCUT2D eigenvalue weighted by Crippen LogP contribution is 2.30. The topological polar surface area (TPSA) is 38.0 Å². The van der Waals surface area contributed by atoms with E-state index in [4.69, 9.17) is 29.0 Å². The van der Waals surface area contributed by atoms with Gasteiger partial charge < -0.3 is 0 Å². The van der Waals surface area contributed by atoms with Crippen molar-refractivity contribution in [3.05, 3.63) is 68.7 Å². The van der Waals surface area contributed by atoms with Gasteiger partial charge in [0, 0.05) is 11.6 Å². The second-order valence-corrected chi connectivity index (χ2v) is 5.21. The summed E-state index contributed by atoms with van der Waals surface area (Å²) in [4.78, 5) is 0. The fourth-order valence-electron chi connectivity index (χ4n) is 1.96. The first-order valence-electron chi connectivity index (χ1n) is 5.80. The normalized spacial score (nSPS) is 12.5. The average Bonchev–Trinajstić information content (AvgIpc) is 2.40. The SMILES string of the molecule is Cc1cc(C(NN)c2ccc(Cl)c(Cl)c2)c(F)cc1F. The zero-order valence-corrected chi connectivity index (χ0v) is 12.1. The van der Waals surface area contributed by atoms with E-state index >= 15 is 0 Å². The molecule has 20 heavy (non-hydrogen) atoms. The van der Waals surface area contributed by atoms with Crippen LogP contribution < -0.4 is 11.3 Å². The van der Waals surface area contributed by atoms with Crippen LogP contribution in [0.5, 0.6) is 0 Å². The molecule has 0 saturated carbocycles. The Morgan fingerprint density at radius 3 is 2.35 bits per heavy atom. The summed E-state index contributed by atoms with van der Waals surface area (Å²) in [7, 11) is 0. The molecule has 0 spiro atoms. The van der Waals surface area contributed by atoms with E-state index < -0.39 is 17.7 Å². The Balaban J connectivity index is 2.52. The molecule has 6 heteroatoms. The highest BCUT2D eigenvalue weighted by Gasteiger charge is 2.19. The molecule has 2 nitrogen and oxygen atoms in total. The average molecular weight is 317 g/mol. The van der Waals surface area contributed by atoms with E-state index in [9.17, 15) is 8.78 Å². The second kappa shape index (κ2) is 6.06. The Morgan fingerprint density at radius 1 is 1.05 bits per heavy atom. The van der Waals surface area contributed by atoms with Crippen LogP contribution in [0.15, 0.2) is 30.3 Å². The number of hydrogen-bond donors (Lipinski definition) is 2. The second-order valence-electron chi connectivity index (χ2n) is 4.40. The van der Waals surface area contributed by atoms with Crippen LogP contribution in [0, 0.1) is 18.6 Å². The summed E-state index contributed by atoms with van der Waals surface area (Å²) in [5, 5.41) is 0.727. The fourth-order valence-corrected chi connectivity index (χ4v) is 2.26. The smallest absolute Gasteiger partial charge is 0.131 e. The summed E-state index contributed by atoms with van der Waals surface area (Å²) >= 11 is 11.8. The van der Waals surface area contributed by atoms with Crippen LogP contribution in [-0.2, 0) is 0 Å². The van der Waals surface area contributed by atoms with Gasteiger partial charge in [0.15, 0.2) is 0 Å². The molecular weight excluding hydrogens is 305 g/mol. The minimum atomic E-state index is -0.679. The molecule has 0 aliphatic rings. The van der Waals surface area contributed by atoms with Crippen molar-refractivity contribution in [3.63, 3.8) is 0 Å². The van der Waals surface area contributed by atoms with Crippen molar-refractivity contribution in [1.82, 2.24) is 5.43 Å². The number of rotatable bonds is 3. The lowest BCUT2D eigenvalue weighted by atomic mass is 9.97. The third-order valence-corrected chi connectivity index (χ3v) is 3.77. The minimum absolute atomic E-state index is 0.241. The van der Waals surface area contributed by atoms with E-state index in [-0.39, 0.29) is 5.56 Å². The third-order valence-electron chi connectivity index (χ3n) is 3.03. The quantitative estimate of drug-likeness (QED) is 0.660. The van der Waals surface area contributed by atoms with Gasteiger partial charge in [-0.05, 0) is 36.2 Å². The molecule has 0 aliphatic carbocycles. The van der Waals surface area contributed by atoms with Gasteiger partial charge in [0.25, 0.3) is 0 Å². The molecule has 0 aliphatic heterocycles. The van der Waals surface area contributed by atoms with Crippen LogP contribution in [0.2, 0.25) is 10.0 Å². The van der Waals surface area contributed by atoms with E-state index in [1.54, 1.807) is 25.1 Å². The lowest BCUT2D eigenvalue weighted by Gasteiger charge is -2.19. The molecule has 1 unspecified atom stereocenters. The lowest BCUT2D eigenvalue weighted by Crippen LogP contribution is -2.29.